The van der Waals surface area contributed by atoms with Crippen LogP contribution in [0, 0.1) is 6.92 Å². The molecule has 0 aliphatic carbocycles. The number of thiophene rings is 2. The van der Waals surface area contributed by atoms with E-state index in [0.29, 0.717) is 4.34 Å². The maximum atomic E-state index is 12.1. The third kappa shape index (κ3) is 3.81. The van der Waals surface area contributed by atoms with Crippen LogP contribution in [0.1, 0.15) is 15.9 Å². The minimum absolute atomic E-state index is 0.189. The van der Waals surface area contributed by atoms with Gasteiger partial charge >= 0.3 is 0 Å². The quantitative estimate of drug-likeness (QED) is 0.867. The molecule has 0 saturated carbocycles. The SMILES string of the molecule is COC(CNS(=O)(=O)c1ccc(Cl)s1)c1ccc(C)s1. The smallest absolute Gasteiger partial charge is 0.250 e. The summed E-state index contributed by atoms with van der Waals surface area (Å²) < 4.78 is 32.7. The molecule has 1 unspecified atom stereocenters. The van der Waals surface area contributed by atoms with Gasteiger partial charge in [-0.15, -0.1) is 22.7 Å². The summed E-state index contributed by atoms with van der Waals surface area (Å²) in [6.45, 7) is 2.19. The fraction of sp³-hybridized carbons (Fsp3) is 0.333. The van der Waals surface area contributed by atoms with Crippen LogP contribution < -0.4 is 4.72 Å². The van der Waals surface area contributed by atoms with E-state index in [1.54, 1.807) is 24.5 Å². The van der Waals surface area contributed by atoms with Gasteiger partial charge < -0.3 is 4.74 Å². The summed E-state index contributed by atoms with van der Waals surface area (Å²) in [6.07, 6.45) is -0.293. The molecular weight excluding hydrogens is 338 g/mol. The first-order chi connectivity index (χ1) is 9.42. The van der Waals surface area contributed by atoms with Crippen LogP contribution >= 0.6 is 34.3 Å². The van der Waals surface area contributed by atoms with Crippen LogP contribution in [0.2, 0.25) is 4.34 Å². The van der Waals surface area contributed by atoms with E-state index in [-0.39, 0.29) is 16.9 Å². The Labute approximate surface area is 131 Å². The van der Waals surface area contributed by atoms with Crippen LogP contribution in [0.4, 0.5) is 0 Å². The van der Waals surface area contributed by atoms with Crippen LogP contribution in [-0.4, -0.2) is 22.1 Å². The minimum Gasteiger partial charge on any atom is -0.375 e. The lowest BCUT2D eigenvalue weighted by Gasteiger charge is -2.14. The van der Waals surface area contributed by atoms with E-state index >= 15 is 0 Å². The molecule has 4 nitrogen and oxygen atoms in total. The Hall–Kier alpha value is -0.440. The zero-order valence-electron chi connectivity index (χ0n) is 10.9. The first-order valence-corrected chi connectivity index (χ1v) is 9.26. The van der Waals surface area contributed by atoms with Crippen molar-refractivity contribution in [1.82, 2.24) is 4.72 Å². The van der Waals surface area contributed by atoms with Crippen molar-refractivity contribution in [2.75, 3.05) is 13.7 Å². The van der Waals surface area contributed by atoms with Crippen molar-refractivity contribution in [1.29, 1.82) is 0 Å². The maximum Gasteiger partial charge on any atom is 0.250 e. The zero-order chi connectivity index (χ0) is 14.8. The lowest BCUT2D eigenvalue weighted by atomic mass is 10.3. The van der Waals surface area contributed by atoms with Crippen LogP contribution in [0.3, 0.4) is 0 Å². The van der Waals surface area contributed by atoms with E-state index in [0.717, 1.165) is 21.1 Å². The van der Waals surface area contributed by atoms with Gasteiger partial charge in [-0.2, -0.15) is 0 Å². The number of methoxy groups -OCH3 is 1. The van der Waals surface area contributed by atoms with E-state index < -0.39 is 10.0 Å². The van der Waals surface area contributed by atoms with Crippen LogP contribution in [0.15, 0.2) is 28.5 Å². The molecule has 1 atom stereocenters. The largest absolute Gasteiger partial charge is 0.375 e. The molecule has 110 valence electrons. The molecule has 0 aromatic carbocycles. The summed E-state index contributed by atoms with van der Waals surface area (Å²) in [7, 11) is -1.97. The summed E-state index contributed by atoms with van der Waals surface area (Å²) in [5, 5.41) is 0. The highest BCUT2D eigenvalue weighted by Crippen LogP contribution is 2.27. The molecule has 2 aromatic heterocycles. The number of hydrogen-bond donors (Lipinski definition) is 1. The van der Waals surface area contributed by atoms with Gasteiger partial charge in [-0.25, -0.2) is 13.1 Å². The highest BCUT2D eigenvalue weighted by Gasteiger charge is 2.20. The number of halogens is 1. The average molecular weight is 352 g/mol. The molecule has 2 aromatic rings. The van der Waals surface area contributed by atoms with Gasteiger partial charge in [0.1, 0.15) is 10.3 Å². The molecule has 0 aliphatic rings. The van der Waals surface area contributed by atoms with E-state index in [9.17, 15) is 8.42 Å². The Morgan fingerprint density at radius 3 is 2.55 bits per heavy atom. The summed E-state index contributed by atoms with van der Waals surface area (Å²) in [5.74, 6) is 0. The Kier molecular flexibility index (Phi) is 5.22. The second kappa shape index (κ2) is 6.55. The Morgan fingerprint density at radius 1 is 1.30 bits per heavy atom. The van der Waals surface area contributed by atoms with Gasteiger partial charge in [-0.1, -0.05) is 11.6 Å². The minimum atomic E-state index is -3.54. The first kappa shape index (κ1) is 15.9. The van der Waals surface area contributed by atoms with E-state index in [1.807, 2.05) is 19.1 Å². The molecule has 0 fully saturated rings. The highest BCUT2D eigenvalue weighted by atomic mass is 35.5. The Balaban J connectivity index is 2.06. The number of nitrogens with one attached hydrogen (secondary N) is 1. The number of aryl methyl sites for hydroxylation is 1. The van der Waals surface area contributed by atoms with Crippen molar-refractivity contribution in [3.63, 3.8) is 0 Å². The molecule has 2 rings (SSSR count). The molecule has 2 heterocycles. The summed E-state index contributed by atoms with van der Waals surface area (Å²) >= 11 is 8.38. The lowest BCUT2D eigenvalue weighted by molar-refractivity contribution is 0.110. The average Bonchev–Trinajstić information content (AvgIpc) is 2.99. The van der Waals surface area contributed by atoms with E-state index in [2.05, 4.69) is 4.72 Å². The molecule has 0 spiro atoms. The lowest BCUT2D eigenvalue weighted by Crippen LogP contribution is -2.28. The van der Waals surface area contributed by atoms with Crippen molar-refractivity contribution in [3.8, 4) is 0 Å². The molecule has 0 aliphatic heterocycles. The molecule has 0 amide bonds. The highest BCUT2D eigenvalue weighted by molar-refractivity contribution is 7.91. The van der Waals surface area contributed by atoms with Crippen molar-refractivity contribution in [2.45, 2.75) is 17.2 Å². The van der Waals surface area contributed by atoms with Gasteiger partial charge in [0, 0.05) is 23.4 Å². The second-order valence-corrected chi connectivity index (χ2v) is 9.11. The van der Waals surface area contributed by atoms with Crippen molar-refractivity contribution in [2.24, 2.45) is 0 Å². The van der Waals surface area contributed by atoms with Gasteiger partial charge in [0.2, 0.25) is 10.0 Å². The van der Waals surface area contributed by atoms with Gasteiger partial charge in [0.05, 0.1) is 4.34 Å². The normalized spacial score (nSPS) is 13.6. The summed E-state index contributed by atoms with van der Waals surface area (Å²) in [4.78, 5) is 2.16. The van der Waals surface area contributed by atoms with Gasteiger partial charge in [0.25, 0.3) is 0 Å². The molecule has 20 heavy (non-hydrogen) atoms. The molecule has 0 saturated heterocycles. The summed E-state index contributed by atoms with van der Waals surface area (Å²) in [5.41, 5.74) is 0. The first-order valence-electron chi connectivity index (χ1n) is 5.76. The third-order valence-electron chi connectivity index (χ3n) is 2.64. The van der Waals surface area contributed by atoms with Crippen LogP contribution in [-0.2, 0) is 14.8 Å². The third-order valence-corrected chi connectivity index (χ3v) is 6.87. The number of hydrogen-bond acceptors (Lipinski definition) is 5. The van der Waals surface area contributed by atoms with Gasteiger partial charge in [0.15, 0.2) is 0 Å². The monoisotopic (exact) mass is 351 g/mol. The molecule has 8 heteroatoms. The van der Waals surface area contributed by atoms with Crippen molar-refractivity contribution >= 4 is 44.3 Å². The van der Waals surface area contributed by atoms with Crippen LogP contribution in [0.5, 0.6) is 0 Å². The van der Waals surface area contributed by atoms with Crippen molar-refractivity contribution in [3.05, 3.63) is 38.4 Å². The molecule has 0 bridgehead atoms. The standard InChI is InChI=1S/C12H14ClNO3S3/c1-8-3-4-10(18-8)9(17-2)7-14-20(15,16)12-6-5-11(13)19-12/h3-6,9,14H,7H2,1-2H3. The predicted molar refractivity (Wildman–Crippen MR) is 83.3 cm³/mol. The fourth-order valence-electron chi connectivity index (χ4n) is 1.63. The molecule has 1 N–H and O–H groups in total. The Morgan fingerprint density at radius 2 is 2.05 bits per heavy atom. The van der Waals surface area contributed by atoms with Crippen molar-refractivity contribution < 1.29 is 13.2 Å². The molecule has 0 radical (unpaired) electrons. The maximum absolute atomic E-state index is 12.1. The summed E-state index contributed by atoms with van der Waals surface area (Å²) in [6, 6.07) is 6.99. The second-order valence-electron chi connectivity index (χ2n) is 4.08. The topological polar surface area (TPSA) is 55.4 Å². The number of ether oxygens (including phenoxy) is 1. The van der Waals surface area contributed by atoms with E-state index in [1.165, 1.54) is 6.07 Å². The number of sulfonamides is 1. The van der Waals surface area contributed by atoms with E-state index in [4.69, 9.17) is 16.3 Å². The predicted octanol–water partition coefficient (Wildman–Crippen LogP) is 3.44. The fourth-order valence-corrected chi connectivity index (χ4v) is 5.14. The van der Waals surface area contributed by atoms with Crippen LogP contribution in [0.25, 0.3) is 0 Å². The Bertz CT molecular complexity index is 678. The number of rotatable bonds is 6. The molecular formula is C12H14ClNO3S3. The van der Waals surface area contributed by atoms with Gasteiger partial charge in [-0.05, 0) is 31.2 Å². The van der Waals surface area contributed by atoms with Gasteiger partial charge in [-0.3, -0.25) is 0 Å². The zero-order valence-corrected chi connectivity index (χ0v) is 14.1.